The number of rotatable bonds is 7. The van der Waals surface area contributed by atoms with E-state index in [1.54, 1.807) is 41.4 Å². The van der Waals surface area contributed by atoms with Crippen LogP contribution in [0.25, 0.3) is 0 Å². The van der Waals surface area contributed by atoms with Crippen LogP contribution in [0.1, 0.15) is 22.4 Å². The van der Waals surface area contributed by atoms with E-state index >= 15 is 0 Å². The Kier molecular flexibility index (Phi) is 7.30. The van der Waals surface area contributed by atoms with Gasteiger partial charge in [0.2, 0.25) is 0 Å². The number of carbonyl (C=O) groups is 1. The number of benzene rings is 2. The van der Waals surface area contributed by atoms with Gasteiger partial charge in [-0.1, -0.05) is 35.9 Å². The Hall–Kier alpha value is -3.19. The second-order valence-electron chi connectivity index (χ2n) is 7.39. The minimum absolute atomic E-state index is 0.253. The molecule has 3 aromatic rings. The molecule has 0 fully saturated rings. The van der Waals surface area contributed by atoms with Crippen LogP contribution in [-0.2, 0) is 19.3 Å². The second-order valence-corrected chi connectivity index (χ2v) is 7.80. The maximum Gasteiger partial charge on any atom is 0.416 e. The topological polar surface area (TPSA) is 37.3 Å². The maximum absolute atomic E-state index is 13.0. The molecule has 8 heteroatoms. The van der Waals surface area contributed by atoms with Crippen molar-refractivity contribution in [3.8, 4) is 0 Å². The molecule has 1 N–H and O–H groups in total. The third-order valence-electron chi connectivity index (χ3n) is 4.94. The number of aryl methyl sites for hydroxylation is 1. The Morgan fingerprint density at radius 3 is 2.66 bits per heavy atom. The predicted molar refractivity (Wildman–Crippen MR) is 121 cm³/mol. The van der Waals surface area contributed by atoms with Crippen LogP contribution in [0.15, 0.2) is 73.4 Å². The van der Waals surface area contributed by atoms with Gasteiger partial charge in [0, 0.05) is 35.7 Å². The lowest BCUT2D eigenvalue weighted by Crippen LogP contribution is -2.35. The zero-order chi connectivity index (χ0) is 23.3. The van der Waals surface area contributed by atoms with Crippen molar-refractivity contribution < 1.29 is 18.0 Å². The summed E-state index contributed by atoms with van der Waals surface area (Å²) in [7, 11) is 0. The zero-order valence-corrected chi connectivity index (χ0v) is 18.2. The number of urea groups is 1. The van der Waals surface area contributed by atoms with Crippen molar-refractivity contribution in [2.45, 2.75) is 26.2 Å². The highest BCUT2D eigenvalue weighted by atomic mass is 35.5. The first-order valence-electron chi connectivity index (χ1n) is 9.90. The molecule has 0 bridgehead atoms. The molecule has 0 aliphatic heterocycles. The molecule has 0 saturated heterocycles. The molecular weight excluding hydrogens is 439 g/mol. The molecule has 168 valence electrons. The number of hydrogen-bond acceptors (Lipinski definition) is 1. The van der Waals surface area contributed by atoms with E-state index in [9.17, 15) is 18.0 Å². The number of aromatic nitrogens is 1. The lowest BCUT2D eigenvalue weighted by atomic mass is 10.1. The van der Waals surface area contributed by atoms with E-state index in [4.69, 9.17) is 11.6 Å². The van der Waals surface area contributed by atoms with E-state index in [0.717, 1.165) is 23.4 Å². The van der Waals surface area contributed by atoms with Crippen molar-refractivity contribution in [3.05, 3.63) is 101 Å². The Morgan fingerprint density at radius 2 is 1.97 bits per heavy atom. The summed E-state index contributed by atoms with van der Waals surface area (Å²) in [6.07, 6.45) is -1.01. The summed E-state index contributed by atoms with van der Waals surface area (Å²) in [5.41, 5.74) is 2.08. The molecule has 1 aromatic heterocycles. The number of hydrogen-bond donors (Lipinski definition) is 1. The molecule has 0 aliphatic carbocycles. The van der Waals surface area contributed by atoms with Gasteiger partial charge < -0.3 is 14.8 Å². The van der Waals surface area contributed by atoms with Gasteiger partial charge in [-0.3, -0.25) is 0 Å². The molecule has 4 nitrogen and oxygen atoms in total. The van der Waals surface area contributed by atoms with Crippen LogP contribution < -0.4 is 5.32 Å². The van der Waals surface area contributed by atoms with E-state index in [0.29, 0.717) is 22.8 Å². The molecule has 1 heterocycles. The number of anilines is 1. The lowest BCUT2D eigenvalue weighted by Gasteiger charge is -2.23. The van der Waals surface area contributed by atoms with Gasteiger partial charge in [0.1, 0.15) is 0 Å². The van der Waals surface area contributed by atoms with E-state index in [1.807, 2.05) is 23.6 Å². The van der Waals surface area contributed by atoms with Gasteiger partial charge in [-0.25, -0.2) is 4.79 Å². The van der Waals surface area contributed by atoms with Gasteiger partial charge in [0.05, 0.1) is 12.1 Å². The first-order valence-corrected chi connectivity index (χ1v) is 10.3. The van der Waals surface area contributed by atoms with Gasteiger partial charge in [0.15, 0.2) is 0 Å². The van der Waals surface area contributed by atoms with Crippen molar-refractivity contribution in [1.82, 2.24) is 9.47 Å². The third-order valence-corrected chi connectivity index (χ3v) is 5.35. The van der Waals surface area contributed by atoms with Gasteiger partial charge in [-0.05, 0) is 54.4 Å². The summed E-state index contributed by atoms with van der Waals surface area (Å²) in [5, 5.41) is 3.37. The second kappa shape index (κ2) is 9.96. The summed E-state index contributed by atoms with van der Waals surface area (Å²) < 4.78 is 40.9. The van der Waals surface area contributed by atoms with Crippen LogP contribution in [0.3, 0.4) is 0 Å². The van der Waals surface area contributed by atoms with Crippen molar-refractivity contribution >= 4 is 23.3 Å². The van der Waals surface area contributed by atoms with Crippen LogP contribution in [0.4, 0.5) is 23.7 Å². The van der Waals surface area contributed by atoms with E-state index in [1.165, 1.54) is 6.07 Å². The monoisotopic (exact) mass is 461 g/mol. The normalized spacial score (nSPS) is 11.3. The number of amides is 2. The average Bonchev–Trinajstić information content (AvgIpc) is 3.16. The van der Waals surface area contributed by atoms with Gasteiger partial charge in [0.25, 0.3) is 0 Å². The van der Waals surface area contributed by atoms with Crippen molar-refractivity contribution in [3.63, 3.8) is 0 Å². The molecule has 0 radical (unpaired) electrons. The molecule has 0 saturated carbocycles. The smallest absolute Gasteiger partial charge is 0.345 e. The first kappa shape index (κ1) is 23.5. The Morgan fingerprint density at radius 1 is 1.19 bits per heavy atom. The van der Waals surface area contributed by atoms with Crippen molar-refractivity contribution in [1.29, 1.82) is 0 Å². The molecule has 0 aliphatic rings. The van der Waals surface area contributed by atoms with Crippen LogP contribution in [0.2, 0.25) is 5.02 Å². The summed E-state index contributed by atoms with van der Waals surface area (Å²) in [6, 6.07) is 13.8. The standard InChI is InChI=1S/C24H23ClF3N3O/c1-3-11-31(23(32)29-20-10-9-17(2)22(25)14-20)16-21-8-5-12-30(21)15-18-6-4-7-19(13-18)24(26,27)28/h3-10,12-14H,1,11,15-16H2,2H3,(H,29,32). The largest absolute Gasteiger partial charge is 0.416 e. The quantitative estimate of drug-likeness (QED) is 0.389. The number of carbonyl (C=O) groups excluding carboxylic acids is 1. The molecular formula is C24H23ClF3N3O. The SMILES string of the molecule is C=CCN(Cc1cccn1Cc1cccc(C(F)(F)F)c1)C(=O)Nc1ccc(C)c(Cl)c1. The van der Waals surface area contributed by atoms with Crippen LogP contribution in [-0.4, -0.2) is 22.0 Å². The minimum atomic E-state index is -4.40. The molecule has 2 amide bonds. The Labute approximate surface area is 189 Å². The number of nitrogens with zero attached hydrogens (tertiary/aromatic N) is 2. The summed E-state index contributed by atoms with van der Waals surface area (Å²) in [5.74, 6) is 0. The summed E-state index contributed by atoms with van der Waals surface area (Å²) in [6.45, 7) is 6.38. The van der Waals surface area contributed by atoms with Crippen LogP contribution in [0.5, 0.6) is 0 Å². The lowest BCUT2D eigenvalue weighted by molar-refractivity contribution is -0.137. The highest BCUT2D eigenvalue weighted by Gasteiger charge is 2.30. The molecule has 0 atom stereocenters. The number of nitrogens with one attached hydrogen (secondary N) is 1. The van der Waals surface area contributed by atoms with E-state index in [2.05, 4.69) is 11.9 Å². The van der Waals surface area contributed by atoms with Crippen molar-refractivity contribution in [2.24, 2.45) is 0 Å². The number of alkyl halides is 3. The molecule has 0 unspecified atom stereocenters. The predicted octanol–water partition coefficient (Wildman–Crippen LogP) is 6.74. The highest BCUT2D eigenvalue weighted by molar-refractivity contribution is 6.31. The molecule has 2 aromatic carbocycles. The fourth-order valence-electron chi connectivity index (χ4n) is 3.23. The maximum atomic E-state index is 13.0. The van der Waals surface area contributed by atoms with Crippen LogP contribution in [0, 0.1) is 6.92 Å². The van der Waals surface area contributed by atoms with E-state index in [-0.39, 0.29) is 19.1 Å². The van der Waals surface area contributed by atoms with Crippen LogP contribution >= 0.6 is 11.6 Å². The fourth-order valence-corrected chi connectivity index (χ4v) is 3.41. The Balaban J connectivity index is 1.75. The molecule has 3 rings (SSSR count). The molecule has 0 spiro atoms. The third kappa shape index (κ3) is 5.95. The summed E-state index contributed by atoms with van der Waals surface area (Å²) >= 11 is 6.14. The zero-order valence-electron chi connectivity index (χ0n) is 17.5. The average molecular weight is 462 g/mol. The van der Waals surface area contributed by atoms with E-state index < -0.39 is 11.7 Å². The Bertz CT molecular complexity index is 1110. The number of halogens is 4. The van der Waals surface area contributed by atoms with Crippen molar-refractivity contribution in [2.75, 3.05) is 11.9 Å². The van der Waals surface area contributed by atoms with Gasteiger partial charge >= 0.3 is 12.2 Å². The van der Waals surface area contributed by atoms with Gasteiger partial charge in [-0.15, -0.1) is 6.58 Å². The fraction of sp³-hybridized carbons (Fsp3) is 0.208. The van der Waals surface area contributed by atoms with Gasteiger partial charge in [-0.2, -0.15) is 13.2 Å². The summed E-state index contributed by atoms with van der Waals surface area (Å²) in [4.78, 5) is 14.4. The highest BCUT2D eigenvalue weighted by Crippen LogP contribution is 2.29. The molecule has 32 heavy (non-hydrogen) atoms. The first-order chi connectivity index (χ1) is 15.2. The minimum Gasteiger partial charge on any atom is -0.345 e.